The van der Waals surface area contributed by atoms with Gasteiger partial charge in [0.15, 0.2) is 0 Å². The van der Waals surface area contributed by atoms with E-state index in [0.29, 0.717) is 12.6 Å². The maximum atomic E-state index is 11.2. The summed E-state index contributed by atoms with van der Waals surface area (Å²) < 4.78 is 2.70. The Hall–Kier alpha value is -0.880. The molecule has 1 aromatic rings. The fraction of sp³-hybridized carbons (Fsp3) is 0.636. The number of aliphatic carboxylic acids is 1. The maximum absolute atomic E-state index is 11.2. The van der Waals surface area contributed by atoms with Crippen LogP contribution >= 0.6 is 15.9 Å². The van der Waals surface area contributed by atoms with Crippen molar-refractivity contribution in [2.75, 3.05) is 0 Å². The van der Waals surface area contributed by atoms with Gasteiger partial charge in [0.1, 0.15) is 6.04 Å². The van der Waals surface area contributed by atoms with Crippen LogP contribution in [0.15, 0.2) is 4.47 Å². The van der Waals surface area contributed by atoms with E-state index in [1.54, 1.807) is 4.68 Å². The lowest BCUT2D eigenvalue weighted by Gasteiger charge is -2.14. The number of nitrogens with one attached hydrogen (secondary N) is 1. The van der Waals surface area contributed by atoms with Gasteiger partial charge in [0.25, 0.3) is 0 Å². The van der Waals surface area contributed by atoms with Gasteiger partial charge < -0.3 is 10.4 Å². The maximum Gasteiger partial charge on any atom is 0.322 e. The summed E-state index contributed by atoms with van der Waals surface area (Å²) >= 11 is 3.44. The van der Waals surface area contributed by atoms with Crippen molar-refractivity contribution in [3.63, 3.8) is 0 Å². The molecule has 94 valence electrons. The zero-order valence-electron chi connectivity index (χ0n) is 9.90. The highest BCUT2D eigenvalue weighted by molar-refractivity contribution is 9.10. The number of hydrogen-bond acceptors (Lipinski definition) is 3. The third kappa shape index (κ3) is 2.87. The highest BCUT2D eigenvalue weighted by Crippen LogP contribution is 2.22. The van der Waals surface area contributed by atoms with Crippen LogP contribution in [0.25, 0.3) is 0 Å². The molecule has 1 atom stereocenters. The zero-order valence-corrected chi connectivity index (χ0v) is 11.5. The predicted octanol–water partition coefficient (Wildman–Crippen LogP) is 1.47. The zero-order chi connectivity index (χ0) is 12.6. The van der Waals surface area contributed by atoms with Gasteiger partial charge in [0.2, 0.25) is 0 Å². The summed E-state index contributed by atoms with van der Waals surface area (Å²) in [5.41, 5.74) is 1.85. The molecule has 0 aromatic carbocycles. The molecule has 2 rings (SSSR count). The van der Waals surface area contributed by atoms with Crippen molar-refractivity contribution in [1.82, 2.24) is 15.1 Å². The van der Waals surface area contributed by atoms with Crippen molar-refractivity contribution in [1.29, 1.82) is 0 Å². The van der Waals surface area contributed by atoms with E-state index in [1.165, 1.54) is 0 Å². The Morgan fingerprint density at radius 2 is 2.29 bits per heavy atom. The van der Waals surface area contributed by atoms with Crippen molar-refractivity contribution in [3.8, 4) is 0 Å². The van der Waals surface area contributed by atoms with Crippen LogP contribution in [0.1, 0.15) is 24.2 Å². The number of rotatable bonds is 5. The minimum atomic E-state index is -0.819. The second-order valence-electron chi connectivity index (χ2n) is 4.50. The Labute approximate surface area is 108 Å². The van der Waals surface area contributed by atoms with Crippen LogP contribution in [-0.2, 0) is 11.3 Å². The van der Waals surface area contributed by atoms with E-state index >= 15 is 0 Å². The number of carboxylic acids is 1. The number of carbonyl (C=O) groups is 1. The number of aryl methyl sites for hydroxylation is 1. The van der Waals surface area contributed by atoms with Crippen molar-refractivity contribution in [2.24, 2.45) is 0 Å². The Bertz CT molecular complexity index is 440. The average molecular weight is 302 g/mol. The SMILES string of the molecule is Cc1nn(CC(NC2CC2)C(=O)O)c(C)c1Br. The van der Waals surface area contributed by atoms with E-state index in [0.717, 1.165) is 28.7 Å². The first-order valence-electron chi connectivity index (χ1n) is 5.67. The molecule has 5 nitrogen and oxygen atoms in total. The quantitative estimate of drug-likeness (QED) is 0.864. The van der Waals surface area contributed by atoms with Crippen molar-refractivity contribution in [2.45, 2.75) is 45.3 Å². The summed E-state index contributed by atoms with van der Waals surface area (Å²) in [6, 6.07) is -0.191. The smallest absolute Gasteiger partial charge is 0.322 e. The van der Waals surface area contributed by atoms with Crippen LogP contribution < -0.4 is 5.32 Å². The van der Waals surface area contributed by atoms with Gasteiger partial charge in [-0.15, -0.1) is 0 Å². The van der Waals surface area contributed by atoms with Gasteiger partial charge >= 0.3 is 5.97 Å². The van der Waals surface area contributed by atoms with Gasteiger partial charge in [-0.2, -0.15) is 5.10 Å². The van der Waals surface area contributed by atoms with E-state index in [9.17, 15) is 4.79 Å². The van der Waals surface area contributed by atoms with Gasteiger partial charge in [-0.05, 0) is 42.6 Å². The molecule has 1 aliphatic carbocycles. The average Bonchev–Trinajstić information content (AvgIpc) is 3.04. The molecule has 1 saturated carbocycles. The van der Waals surface area contributed by atoms with Crippen LogP contribution in [0, 0.1) is 13.8 Å². The van der Waals surface area contributed by atoms with Crippen LogP contribution in [0.2, 0.25) is 0 Å². The molecule has 0 aliphatic heterocycles. The normalized spacial score (nSPS) is 17.1. The third-order valence-electron chi connectivity index (χ3n) is 2.96. The summed E-state index contributed by atoms with van der Waals surface area (Å²) in [5.74, 6) is -0.819. The Balaban J connectivity index is 2.10. The highest BCUT2D eigenvalue weighted by Gasteiger charge is 2.29. The lowest BCUT2D eigenvalue weighted by molar-refractivity contribution is -0.140. The molecule has 1 heterocycles. The summed E-state index contributed by atoms with van der Waals surface area (Å²) in [7, 11) is 0. The van der Waals surface area contributed by atoms with Gasteiger partial charge in [0.05, 0.1) is 16.7 Å². The molecule has 1 unspecified atom stereocenters. The van der Waals surface area contributed by atoms with E-state index in [1.807, 2.05) is 13.8 Å². The fourth-order valence-electron chi connectivity index (χ4n) is 1.76. The first-order valence-corrected chi connectivity index (χ1v) is 6.46. The van der Waals surface area contributed by atoms with Gasteiger partial charge in [-0.25, -0.2) is 0 Å². The molecule has 0 spiro atoms. The number of carboxylic acid groups (broad SMARTS) is 1. The standard InChI is InChI=1S/C11H16BrN3O2/c1-6-10(12)7(2)15(14-6)5-9(11(16)17)13-8-3-4-8/h8-9,13H,3-5H2,1-2H3,(H,16,17). The van der Waals surface area contributed by atoms with Crippen LogP contribution in [0.5, 0.6) is 0 Å². The Morgan fingerprint density at radius 3 is 2.71 bits per heavy atom. The predicted molar refractivity (Wildman–Crippen MR) is 67.0 cm³/mol. The molecule has 17 heavy (non-hydrogen) atoms. The van der Waals surface area contributed by atoms with Gasteiger partial charge in [-0.3, -0.25) is 9.48 Å². The fourth-order valence-corrected chi connectivity index (χ4v) is 2.05. The topological polar surface area (TPSA) is 67.2 Å². The summed E-state index contributed by atoms with van der Waals surface area (Å²) in [6.07, 6.45) is 2.15. The minimum Gasteiger partial charge on any atom is -0.480 e. The largest absolute Gasteiger partial charge is 0.480 e. The molecule has 0 radical (unpaired) electrons. The molecular weight excluding hydrogens is 286 g/mol. The van der Waals surface area contributed by atoms with E-state index in [4.69, 9.17) is 5.11 Å². The molecule has 6 heteroatoms. The number of aromatic nitrogens is 2. The number of nitrogens with zero attached hydrogens (tertiary/aromatic N) is 2. The van der Waals surface area contributed by atoms with Crippen LogP contribution in [-0.4, -0.2) is 32.9 Å². The summed E-state index contributed by atoms with van der Waals surface area (Å²) in [4.78, 5) is 11.2. The lowest BCUT2D eigenvalue weighted by Crippen LogP contribution is -2.41. The molecule has 2 N–H and O–H groups in total. The van der Waals surface area contributed by atoms with Crippen LogP contribution in [0.4, 0.5) is 0 Å². The molecular formula is C11H16BrN3O2. The number of hydrogen-bond donors (Lipinski definition) is 2. The summed E-state index contributed by atoms with van der Waals surface area (Å²) in [6.45, 7) is 4.20. The van der Waals surface area contributed by atoms with Crippen LogP contribution in [0.3, 0.4) is 0 Å². The number of halogens is 1. The molecule has 0 saturated heterocycles. The first kappa shape index (κ1) is 12.6. The molecule has 1 aliphatic rings. The van der Waals surface area contributed by atoms with Gasteiger partial charge in [0, 0.05) is 11.7 Å². The second-order valence-corrected chi connectivity index (χ2v) is 5.29. The van der Waals surface area contributed by atoms with Crippen molar-refractivity contribution in [3.05, 3.63) is 15.9 Å². The summed E-state index contributed by atoms with van der Waals surface area (Å²) in [5, 5.41) is 16.6. The Morgan fingerprint density at radius 1 is 1.65 bits per heavy atom. The highest BCUT2D eigenvalue weighted by atomic mass is 79.9. The van der Waals surface area contributed by atoms with Crippen molar-refractivity contribution < 1.29 is 9.90 Å². The minimum absolute atomic E-state index is 0.365. The van der Waals surface area contributed by atoms with Gasteiger partial charge in [-0.1, -0.05) is 0 Å². The van der Waals surface area contributed by atoms with E-state index in [-0.39, 0.29) is 0 Å². The monoisotopic (exact) mass is 301 g/mol. The van der Waals surface area contributed by atoms with Crippen molar-refractivity contribution >= 4 is 21.9 Å². The molecule has 0 amide bonds. The third-order valence-corrected chi connectivity index (χ3v) is 4.11. The first-order chi connectivity index (χ1) is 7.99. The Kier molecular flexibility index (Phi) is 3.53. The lowest BCUT2D eigenvalue weighted by atomic mass is 10.3. The molecule has 1 aromatic heterocycles. The second kappa shape index (κ2) is 4.78. The molecule has 0 bridgehead atoms. The molecule has 1 fully saturated rings. The van der Waals surface area contributed by atoms with E-state index < -0.39 is 12.0 Å². The van der Waals surface area contributed by atoms with E-state index in [2.05, 4.69) is 26.3 Å².